The number of hydrogen-bond donors (Lipinski definition) is 1. The van der Waals surface area contributed by atoms with Crippen LogP contribution in [0.4, 0.5) is 11.6 Å². The van der Waals surface area contributed by atoms with Gasteiger partial charge >= 0.3 is 5.69 Å². The maximum Gasteiger partial charge on any atom is 0.322 e. The molecule has 0 spiro atoms. The molecule has 0 aliphatic carbocycles. The zero-order valence-corrected chi connectivity index (χ0v) is 8.88. The lowest BCUT2D eigenvalue weighted by atomic mass is 10.4. The van der Waals surface area contributed by atoms with Crippen molar-refractivity contribution in [3.8, 4) is 0 Å². The van der Waals surface area contributed by atoms with Crippen LogP contribution in [0.3, 0.4) is 0 Å². The van der Waals surface area contributed by atoms with E-state index in [4.69, 9.17) is 0 Å². The lowest BCUT2D eigenvalue weighted by Gasteiger charge is -2.04. The highest BCUT2D eigenvalue weighted by molar-refractivity contribution is 7.98. The molecule has 0 fully saturated rings. The van der Waals surface area contributed by atoms with Gasteiger partial charge in [0.15, 0.2) is 5.03 Å². The summed E-state index contributed by atoms with van der Waals surface area (Å²) in [6, 6.07) is 0. The molecule has 0 saturated heterocycles. The van der Waals surface area contributed by atoms with E-state index in [0.29, 0.717) is 16.7 Å². The fraction of sp³-hybridized carbons (Fsp3) is 0.429. The van der Waals surface area contributed by atoms with E-state index in [1.165, 1.54) is 11.8 Å². The van der Waals surface area contributed by atoms with Gasteiger partial charge in [-0.15, -0.1) is 11.8 Å². The van der Waals surface area contributed by atoms with Gasteiger partial charge in [-0.25, -0.2) is 4.98 Å². The maximum absolute atomic E-state index is 10.7. The molecule has 0 atom stereocenters. The van der Waals surface area contributed by atoms with E-state index < -0.39 is 4.92 Å². The highest BCUT2D eigenvalue weighted by Gasteiger charge is 2.20. The number of rotatable bonds is 3. The van der Waals surface area contributed by atoms with Crippen LogP contribution in [-0.4, -0.2) is 28.2 Å². The van der Waals surface area contributed by atoms with Crippen molar-refractivity contribution < 1.29 is 4.92 Å². The molecule has 0 aliphatic heterocycles. The molecule has 0 radical (unpaired) electrons. The van der Waals surface area contributed by atoms with Crippen LogP contribution in [0.25, 0.3) is 0 Å². The number of nitro groups is 1. The molecule has 0 aromatic carbocycles. The van der Waals surface area contributed by atoms with E-state index >= 15 is 0 Å². The highest BCUT2D eigenvalue weighted by Crippen LogP contribution is 2.28. The number of aromatic nitrogens is 2. The predicted molar refractivity (Wildman–Crippen MR) is 54.8 cm³/mol. The molecular formula is C7H10N4O2S. The normalized spacial score (nSPS) is 9.93. The Kier molecular flexibility index (Phi) is 3.23. The van der Waals surface area contributed by atoms with Crippen LogP contribution in [0.5, 0.6) is 0 Å². The molecule has 1 aromatic heterocycles. The third-order valence-electron chi connectivity index (χ3n) is 1.63. The third kappa shape index (κ3) is 1.92. The Morgan fingerprint density at radius 1 is 1.50 bits per heavy atom. The molecule has 1 N–H and O–H groups in total. The van der Waals surface area contributed by atoms with E-state index in [9.17, 15) is 10.1 Å². The van der Waals surface area contributed by atoms with Gasteiger partial charge in [-0.1, -0.05) is 0 Å². The van der Waals surface area contributed by atoms with E-state index in [1.807, 2.05) is 0 Å². The van der Waals surface area contributed by atoms with Crippen LogP contribution in [0.1, 0.15) is 5.69 Å². The van der Waals surface area contributed by atoms with Crippen molar-refractivity contribution >= 4 is 23.4 Å². The number of hydrogen-bond acceptors (Lipinski definition) is 6. The average molecular weight is 214 g/mol. The van der Waals surface area contributed by atoms with Crippen molar-refractivity contribution in [3.05, 3.63) is 15.8 Å². The highest BCUT2D eigenvalue weighted by atomic mass is 32.2. The standard InChI is InChI=1S/C7H10N4O2S/c1-4-5(11(12)13)6(14-3)10-7(8-2)9-4/h1-3H3,(H,8,9,10). The predicted octanol–water partition coefficient (Wildman–Crippen LogP) is 1.46. The minimum absolute atomic E-state index is 0.0171. The molecule has 6 nitrogen and oxygen atoms in total. The summed E-state index contributed by atoms with van der Waals surface area (Å²) in [4.78, 5) is 18.2. The summed E-state index contributed by atoms with van der Waals surface area (Å²) >= 11 is 1.23. The van der Waals surface area contributed by atoms with Crippen molar-refractivity contribution in [1.82, 2.24) is 9.97 Å². The Balaban J connectivity index is 3.34. The minimum Gasteiger partial charge on any atom is -0.357 e. The number of nitrogens with one attached hydrogen (secondary N) is 1. The third-order valence-corrected chi connectivity index (χ3v) is 2.30. The minimum atomic E-state index is -0.458. The van der Waals surface area contributed by atoms with E-state index in [-0.39, 0.29) is 5.69 Å². The lowest BCUT2D eigenvalue weighted by molar-refractivity contribution is -0.389. The van der Waals surface area contributed by atoms with E-state index in [0.717, 1.165) is 0 Å². The molecule has 1 rings (SSSR count). The second kappa shape index (κ2) is 4.23. The summed E-state index contributed by atoms with van der Waals surface area (Å²) in [6.07, 6.45) is 1.74. The van der Waals surface area contributed by atoms with Crippen LogP contribution >= 0.6 is 11.8 Å². The SMILES string of the molecule is CNc1nc(C)c([N+](=O)[O-])c(SC)n1. The smallest absolute Gasteiger partial charge is 0.322 e. The molecule has 0 aliphatic rings. The van der Waals surface area contributed by atoms with Crippen LogP contribution in [0.15, 0.2) is 5.03 Å². The van der Waals surface area contributed by atoms with Gasteiger partial charge in [0.25, 0.3) is 0 Å². The fourth-order valence-corrected chi connectivity index (χ4v) is 1.60. The molecule has 7 heteroatoms. The fourth-order valence-electron chi connectivity index (χ4n) is 1.01. The second-order valence-corrected chi connectivity index (χ2v) is 3.29. The van der Waals surface area contributed by atoms with Crippen molar-refractivity contribution in [3.63, 3.8) is 0 Å². The monoisotopic (exact) mass is 214 g/mol. The number of anilines is 1. The Bertz CT molecular complexity index is 369. The molecule has 1 aromatic rings. The van der Waals surface area contributed by atoms with Gasteiger partial charge in [-0.05, 0) is 13.2 Å². The van der Waals surface area contributed by atoms with Gasteiger partial charge in [0, 0.05) is 7.05 Å². The Hall–Kier alpha value is -1.37. The summed E-state index contributed by atoms with van der Waals surface area (Å²) in [7, 11) is 1.67. The first-order valence-electron chi connectivity index (χ1n) is 3.85. The van der Waals surface area contributed by atoms with Crippen molar-refractivity contribution in [2.75, 3.05) is 18.6 Å². The molecule has 76 valence electrons. The zero-order chi connectivity index (χ0) is 10.7. The van der Waals surface area contributed by atoms with Crippen molar-refractivity contribution in [1.29, 1.82) is 0 Å². The van der Waals surface area contributed by atoms with Crippen LogP contribution in [-0.2, 0) is 0 Å². The first-order chi connectivity index (χ1) is 6.60. The number of thioether (sulfide) groups is 1. The molecular weight excluding hydrogens is 204 g/mol. The second-order valence-electron chi connectivity index (χ2n) is 2.50. The number of nitrogens with zero attached hydrogens (tertiary/aromatic N) is 3. The van der Waals surface area contributed by atoms with E-state index in [1.54, 1.807) is 20.2 Å². The Labute approximate surface area is 85.3 Å². The molecule has 0 bridgehead atoms. The van der Waals surface area contributed by atoms with E-state index in [2.05, 4.69) is 15.3 Å². The average Bonchev–Trinajstić information content (AvgIpc) is 2.15. The molecule has 1 heterocycles. The molecule has 0 amide bonds. The topological polar surface area (TPSA) is 81.0 Å². The van der Waals surface area contributed by atoms with Gasteiger partial charge in [0.2, 0.25) is 5.95 Å². The first kappa shape index (κ1) is 10.7. The van der Waals surface area contributed by atoms with Gasteiger partial charge in [-0.2, -0.15) is 4.98 Å². The first-order valence-corrected chi connectivity index (χ1v) is 5.07. The summed E-state index contributed by atoms with van der Waals surface area (Å²) in [5.74, 6) is 0.400. The number of aryl methyl sites for hydroxylation is 1. The van der Waals surface area contributed by atoms with Gasteiger partial charge in [-0.3, -0.25) is 10.1 Å². The van der Waals surface area contributed by atoms with Crippen LogP contribution in [0, 0.1) is 17.0 Å². The summed E-state index contributed by atoms with van der Waals surface area (Å²) in [6.45, 7) is 1.60. The molecule has 0 saturated carbocycles. The Morgan fingerprint density at radius 3 is 2.57 bits per heavy atom. The van der Waals surface area contributed by atoms with Gasteiger partial charge in [0.1, 0.15) is 5.69 Å². The zero-order valence-electron chi connectivity index (χ0n) is 8.07. The van der Waals surface area contributed by atoms with Crippen LogP contribution in [0.2, 0.25) is 0 Å². The van der Waals surface area contributed by atoms with Gasteiger partial charge < -0.3 is 5.32 Å². The maximum atomic E-state index is 10.7. The lowest BCUT2D eigenvalue weighted by Crippen LogP contribution is -2.04. The summed E-state index contributed by atoms with van der Waals surface area (Å²) in [5, 5.41) is 13.8. The molecule has 14 heavy (non-hydrogen) atoms. The quantitative estimate of drug-likeness (QED) is 0.355. The summed E-state index contributed by atoms with van der Waals surface area (Å²) < 4.78 is 0. The molecule has 0 unspecified atom stereocenters. The summed E-state index contributed by atoms with van der Waals surface area (Å²) in [5.41, 5.74) is 0.357. The van der Waals surface area contributed by atoms with Crippen molar-refractivity contribution in [2.45, 2.75) is 11.9 Å². The van der Waals surface area contributed by atoms with Crippen molar-refractivity contribution in [2.24, 2.45) is 0 Å². The van der Waals surface area contributed by atoms with Crippen LogP contribution < -0.4 is 5.32 Å². The Morgan fingerprint density at radius 2 is 2.14 bits per heavy atom. The largest absolute Gasteiger partial charge is 0.357 e. The van der Waals surface area contributed by atoms with Gasteiger partial charge in [0.05, 0.1) is 4.92 Å².